The first-order valence-electron chi connectivity index (χ1n) is 9.39. The lowest BCUT2D eigenvalue weighted by Gasteiger charge is -2.35. The number of carbonyl (C=O) groups is 1. The Hall–Kier alpha value is -3.79. The second-order valence-corrected chi connectivity index (χ2v) is 7.08. The third-order valence-electron chi connectivity index (χ3n) is 5.15. The van der Waals surface area contributed by atoms with Gasteiger partial charge in [0.25, 0.3) is 11.2 Å². The number of benzene rings is 2. The Morgan fingerprint density at radius 3 is 2.50 bits per heavy atom. The van der Waals surface area contributed by atoms with E-state index in [4.69, 9.17) is 5.11 Å². The minimum atomic E-state index is -1.45. The zero-order valence-electron chi connectivity index (χ0n) is 15.9. The van der Waals surface area contributed by atoms with E-state index in [0.29, 0.717) is 18.8 Å². The van der Waals surface area contributed by atoms with Crippen molar-refractivity contribution in [2.45, 2.75) is 6.54 Å². The van der Waals surface area contributed by atoms with Crippen LogP contribution in [0.15, 0.2) is 47.3 Å². The molecule has 10 heteroatoms. The molecule has 0 saturated carbocycles. The molecular weight excluding hydrogens is 390 g/mol. The Morgan fingerprint density at radius 2 is 1.87 bits per heavy atom. The van der Waals surface area contributed by atoms with Crippen molar-refractivity contribution in [1.82, 2.24) is 14.9 Å². The fourth-order valence-corrected chi connectivity index (χ4v) is 3.64. The first-order chi connectivity index (χ1) is 14.4. The highest BCUT2D eigenvalue weighted by molar-refractivity contribution is 5.90. The summed E-state index contributed by atoms with van der Waals surface area (Å²) in [5.41, 5.74) is 0.198. The van der Waals surface area contributed by atoms with Gasteiger partial charge in [-0.2, -0.15) is 0 Å². The molecule has 0 unspecified atom stereocenters. The van der Waals surface area contributed by atoms with Crippen molar-refractivity contribution in [1.29, 1.82) is 0 Å². The largest absolute Gasteiger partial charge is 0.476 e. The van der Waals surface area contributed by atoms with Gasteiger partial charge in [0.1, 0.15) is 5.69 Å². The van der Waals surface area contributed by atoms with Crippen molar-refractivity contribution >= 4 is 28.4 Å². The normalized spacial score (nSPS) is 14.7. The highest BCUT2D eigenvalue weighted by Gasteiger charge is 2.26. The molecule has 10 nitrogen and oxygen atoms in total. The lowest BCUT2D eigenvalue weighted by Crippen LogP contribution is -2.46. The standard InChI is InChI=1S/C20H19N5O5/c26-19-18(20(27)28)21-14-10-16(17(25(29)30)11-15(14)22-19)24-8-6-23(7-9-24)12-13-4-2-1-3-5-13/h1-5,10-11H,6-9,12H2,(H,22,26)(H,27,28). The molecule has 1 aromatic heterocycles. The van der Waals surface area contributed by atoms with Gasteiger partial charge in [0, 0.05) is 38.8 Å². The van der Waals surface area contributed by atoms with Crippen molar-refractivity contribution in [2.75, 3.05) is 31.1 Å². The number of nitrogens with one attached hydrogen (secondary N) is 1. The van der Waals surface area contributed by atoms with Gasteiger partial charge < -0.3 is 15.0 Å². The minimum absolute atomic E-state index is 0.128. The maximum atomic E-state index is 11.8. The SMILES string of the molecule is O=C(O)c1nc2cc(N3CCN(Cc4ccccc4)CC3)c([N+](=O)[O-])cc2[nH]c1=O. The lowest BCUT2D eigenvalue weighted by molar-refractivity contribution is -0.384. The van der Waals surface area contributed by atoms with E-state index in [0.717, 1.165) is 19.6 Å². The van der Waals surface area contributed by atoms with Crippen molar-refractivity contribution in [3.63, 3.8) is 0 Å². The number of aromatic nitrogens is 2. The number of fused-ring (bicyclic) bond motifs is 1. The highest BCUT2D eigenvalue weighted by Crippen LogP contribution is 2.32. The summed E-state index contributed by atoms with van der Waals surface area (Å²) in [4.78, 5) is 44.6. The number of carboxylic acid groups (broad SMARTS) is 1. The second-order valence-electron chi connectivity index (χ2n) is 7.08. The van der Waals surface area contributed by atoms with Crippen LogP contribution in [0.5, 0.6) is 0 Å². The predicted octanol–water partition coefficient (Wildman–Crippen LogP) is 1.85. The fourth-order valence-electron chi connectivity index (χ4n) is 3.64. The maximum absolute atomic E-state index is 11.8. The number of nitro benzene ring substituents is 1. The summed E-state index contributed by atoms with van der Waals surface area (Å²) in [6, 6.07) is 12.8. The highest BCUT2D eigenvalue weighted by atomic mass is 16.6. The molecule has 2 heterocycles. The van der Waals surface area contributed by atoms with Gasteiger partial charge in [0.05, 0.1) is 16.0 Å². The van der Waals surface area contributed by atoms with Gasteiger partial charge in [-0.05, 0) is 11.6 Å². The Labute approximate surface area is 170 Å². The molecule has 2 aromatic carbocycles. The van der Waals surface area contributed by atoms with Crippen LogP contribution in [0, 0.1) is 10.1 Å². The zero-order chi connectivity index (χ0) is 21.3. The first kappa shape index (κ1) is 19.5. The number of aromatic carboxylic acids is 1. The van der Waals surface area contributed by atoms with Crippen LogP contribution in [0.2, 0.25) is 0 Å². The molecule has 154 valence electrons. The summed E-state index contributed by atoms with van der Waals surface area (Å²) in [6.45, 7) is 3.41. The van der Waals surface area contributed by atoms with Gasteiger partial charge in [-0.25, -0.2) is 9.78 Å². The first-order valence-corrected chi connectivity index (χ1v) is 9.39. The van der Waals surface area contributed by atoms with E-state index in [1.807, 2.05) is 23.1 Å². The molecule has 4 rings (SSSR count). The Balaban J connectivity index is 1.62. The Morgan fingerprint density at radius 1 is 1.17 bits per heavy atom. The maximum Gasteiger partial charge on any atom is 0.360 e. The summed E-state index contributed by atoms with van der Waals surface area (Å²) >= 11 is 0. The molecule has 0 atom stereocenters. The number of aromatic amines is 1. The third kappa shape index (κ3) is 3.85. The molecule has 1 fully saturated rings. The van der Waals surface area contributed by atoms with Crippen LogP contribution in [0.25, 0.3) is 11.0 Å². The second kappa shape index (κ2) is 7.91. The van der Waals surface area contributed by atoms with E-state index < -0.39 is 22.1 Å². The molecule has 0 radical (unpaired) electrons. The quantitative estimate of drug-likeness (QED) is 0.482. The third-order valence-corrected chi connectivity index (χ3v) is 5.15. The molecule has 3 aromatic rings. The van der Waals surface area contributed by atoms with E-state index in [2.05, 4.69) is 27.0 Å². The number of hydrogen-bond acceptors (Lipinski definition) is 7. The zero-order valence-corrected chi connectivity index (χ0v) is 15.9. The van der Waals surface area contributed by atoms with Gasteiger partial charge in [0.15, 0.2) is 0 Å². The summed E-state index contributed by atoms with van der Waals surface area (Å²) < 4.78 is 0. The van der Waals surface area contributed by atoms with E-state index in [1.165, 1.54) is 17.7 Å². The number of hydrogen-bond donors (Lipinski definition) is 2. The van der Waals surface area contributed by atoms with Crippen molar-refractivity contribution in [3.8, 4) is 0 Å². The molecule has 1 aliphatic rings. The van der Waals surface area contributed by atoms with E-state index in [1.54, 1.807) is 0 Å². The van der Waals surface area contributed by atoms with Gasteiger partial charge in [-0.15, -0.1) is 0 Å². The van der Waals surface area contributed by atoms with Crippen LogP contribution in [-0.4, -0.2) is 57.0 Å². The lowest BCUT2D eigenvalue weighted by atomic mass is 10.1. The number of rotatable bonds is 5. The number of nitro groups is 1. The molecule has 1 saturated heterocycles. The fraction of sp³-hybridized carbons (Fsp3) is 0.250. The molecule has 0 amide bonds. The topological polar surface area (TPSA) is 133 Å². The van der Waals surface area contributed by atoms with Crippen LogP contribution in [0.3, 0.4) is 0 Å². The van der Waals surface area contributed by atoms with Gasteiger partial charge in [-0.3, -0.25) is 19.8 Å². The summed E-state index contributed by atoms with van der Waals surface area (Å²) in [7, 11) is 0. The van der Waals surface area contributed by atoms with E-state index in [9.17, 15) is 19.7 Å². The number of carboxylic acids is 1. The Kier molecular flexibility index (Phi) is 5.15. The van der Waals surface area contributed by atoms with Crippen molar-refractivity contribution in [2.24, 2.45) is 0 Å². The summed E-state index contributed by atoms with van der Waals surface area (Å²) in [5.74, 6) is -1.45. The average molecular weight is 409 g/mol. The number of piperazine rings is 1. The Bertz CT molecular complexity index is 1170. The number of anilines is 1. The molecule has 30 heavy (non-hydrogen) atoms. The molecule has 1 aliphatic heterocycles. The molecule has 0 spiro atoms. The van der Waals surface area contributed by atoms with Crippen molar-refractivity contribution in [3.05, 3.63) is 74.2 Å². The van der Waals surface area contributed by atoms with Crippen molar-refractivity contribution < 1.29 is 14.8 Å². The number of nitrogens with zero attached hydrogens (tertiary/aromatic N) is 4. The molecule has 0 aliphatic carbocycles. The van der Waals surface area contributed by atoms with E-state index >= 15 is 0 Å². The molecular formula is C20H19N5O5. The minimum Gasteiger partial charge on any atom is -0.476 e. The van der Waals surface area contributed by atoms with Crippen LogP contribution < -0.4 is 10.5 Å². The van der Waals surface area contributed by atoms with Crippen LogP contribution in [0.4, 0.5) is 11.4 Å². The predicted molar refractivity (Wildman–Crippen MR) is 110 cm³/mol. The summed E-state index contributed by atoms with van der Waals surface area (Å²) in [6.07, 6.45) is 0. The van der Waals surface area contributed by atoms with Crippen LogP contribution in [-0.2, 0) is 6.54 Å². The smallest absolute Gasteiger partial charge is 0.360 e. The van der Waals surface area contributed by atoms with Crippen LogP contribution >= 0.6 is 0 Å². The average Bonchev–Trinajstić information content (AvgIpc) is 2.73. The van der Waals surface area contributed by atoms with Gasteiger partial charge in [-0.1, -0.05) is 30.3 Å². The van der Waals surface area contributed by atoms with E-state index in [-0.39, 0.29) is 16.7 Å². The monoisotopic (exact) mass is 409 g/mol. The van der Waals surface area contributed by atoms with Gasteiger partial charge in [0.2, 0.25) is 5.69 Å². The molecule has 0 bridgehead atoms. The molecule has 2 N–H and O–H groups in total. The van der Waals surface area contributed by atoms with Crippen LogP contribution in [0.1, 0.15) is 16.1 Å². The number of H-pyrrole nitrogens is 1. The van der Waals surface area contributed by atoms with Gasteiger partial charge >= 0.3 is 5.97 Å². The summed E-state index contributed by atoms with van der Waals surface area (Å²) in [5, 5.41) is 20.8.